The Morgan fingerprint density at radius 2 is 1.43 bits per heavy atom. The van der Waals surface area contributed by atoms with Gasteiger partial charge in [0.2, 0.25) is 5.95 Å². The molecule has 5 aromatic rings. The van der Waals surface area contributed by atoms with Crippen LogP contribution in [0.1, 0.15) is 0 Å². The topological polar surface area (TPSA) is 96.3 Å². The lowest BCUT2D eigenvalue weighted by Crippen LogP contribution is -2.47. The molecular formula is C27H25N7O. The van der Waals surface area contributed by atoms with Crippen molar-refractivity contribution in [2.75, 3.05) is 41.7 Å². The summed E-state index contributed by atoms with van der Waals surface area (Å²) in [4.78, 5) is 18.4. The summed E-state index contributed by atoms with van der Waals surface area (Å²) in [5.74, 6) is 1.26. The van der Waals surface area contributed by atoms with E-state index in [4.69, 9.17) is 10.7 Å². The van der Waals surface area contributed by atoms with E-state index >= 15 is 0 Å². The van der Waals surface area contributed by atoms with Crippen LogP contribution in [0.2, 0.25) is 0 Å². The van der Waals surface area contributed by atoms with Gasteiger partial charge in [0, 0.05) is 37.6 Å². The number of nitrogens with two attached hydrogens (primary N) is 1. The molecule has 0 atom stereocenters. The Bertz CT molecular complexity index is 1470. The molecule has 0 bridgehead atoms. The Morgan fingerprint density at radius 3 is 2.20 bits per heavy atom. The number of aromatic hydroxyl groups is 1. The standard InChI is InChI=1S/C27H25N7O/c28-25-24-26(34(18-29-24)22-8-4-7-20(17-22)19-5-2-1-3-6-19)31-27(30-25)33-15-13-32(14-16-33)21-9-11-23(35)12-10-21/h1-12,17-18,35H,13-16H2,(H2,28,30,31). The van der Waals surface area contributed by atoms with E-state index in [1.54, 1.807) is 18.5 Å². The smallest absolute Gasteiger partial charge is 0.229 e. The average Bonchev–Trinajstić information content (AvgIpc) is 3.35. The molecule has 1 saturated heterocycles. The van der Waals surface area contributed by atoms with Crippen LogP contribution in [0.15, 0.2) is 85.2 Å². The average molecular weight is 464 g/mol. The van der Waals surface area contributed by atoms with Crippen molar-refractivity contribution in [3.8, 4) is 22.6 Å². The first kappa shape index (κ1) is 21.0. The SMILES string of the molecule is Nc1nc(N2CCN(c3ccc(O)cc3)CC2)nc2c1ncn2-c1cccc(-c2ccccc2)c1. The van der Waals surface area contributed by atoms with Crippen molar-refractivity contribution in [3.05, 3.63) is 85.2 Å². The van der Waals surface area contributed by atoms with Gasteiger partial charge in [0.1, 0.15) is 12.1 Å². The van der Waals surface area contributed by atoms with E-state index in [0.717, 1.165) is 48.7 Å². The summed E-state index contributed by atoms with van der Waals surface area (Å²) >= 11 is 0. The molecule has 0 radical (unpaired) electrons. The van der Waals surface area contributed by atoms with Crippen LogP contribution in [0.5, 0.6) is 5.75 Å². The summed E-state index contributed by atoms with van der Waals surface area (Å²) in [5, 5.41) is 9.56. The summed E-state index contributed by atoms with van der Waals surface area (Å²) in [6.45, 7) is 3.18. The molecule has 3 aromatic carbocycles. The predicted octanol–water partition coefficient (Wildman–Crippen LogP) is 4.10. The van der Waals surface area contributed by atoms with Gasteiger partial charge in [-0.2, -0.15) is 9.97 Å². The minimum absolute atomic E-state index is 0.274. The third kappa shape index (κ3) is 3.99. The molecule has 8 heteroatoms. The number of hydrogen-bond donors (Lipinski definition) is 2. The van der Waals surface area contributed by atoms with Crippen LogP contribution in [-0.4, -0.2) is 50.8 Å². The van der Waals surface area contributed by atoms with Gasteiger partial charge in [-0.25, -0.2) is 4.98 Å². The number of imidazole rings is 1. The molecule has 1 aliphatic rings. The highest BCUT2D eigenvalue weighted by Crippen LogP contribution is 2.27. The van der Waals surface area contributed by atoms with E-state index in [2.05, 4.69) is 44.0 Å². The van der Waals surface area contributed by atoms with Gasteiger partial charge < -0.3 is 20.6 Å². The predicted molar refractivity (Wildman–Crippen MR) is 139 cm³/mol. The zero-order chi connectivity index (χ0) is 23.8. The van der Waals surface area contributed by atoms with Crippen molar-refractivity contribution in [1.29, 1.82) is 0 Å². The number of hydrogen-bond acceptors (Lipinski definition) is 7. The fourth-order valence-corrected chi connectivity index (χ4v) is 4.53. The maximum Gasteiger partial charge on any atom is 0.229 e. The van der Waals surface area contributed by atoms with E-state index in [-0.39, 0.29) is 5.75 Å². The fourth-order valence-electron chi connectivity index (χ4n) is 4.53. The zero-order valence-corrected chi connectivity index (χ0v) is 19.1. The van der Waals surface area contributed by atoms with Gasteiger partial charge >= 0.3 is 0 Å². The lowest BCUT2D eigenvalue weighted by molar-refractivity contribution is 0.475. The molecule has 0 saturated carbocycles. The number of fused-ring (bicyclic) bond motifs is 1. The van der Waals surface area contributed by atoms with Crippen molar-refractivity contribution in [2.24, 2.45) is 0 Å². The molecule has 3 heterocycles. The molecule has 2 aromatic heterocycles. The second-order valence-electron chi connectivity index (χ2n) is 8.60. The van der Waals surface area contributed by atoms with E-state index in [1.165, 1.54) is 0 Å². The number of rotatable bonds is 4. The minimum Gasteiger partial charge on any atom is -0.508 e. The highest BCUT2D eigenvalue weighted by Gasteiger charge is 2.22. The monoisotopic (exact) mass is 463 g/mol. The first-order valence-corrected chi connectivity index (χ1v) is 11.6. The molecule has 6 rings (SSSR count). The van der Waals surface area contributed by atoms with Gasteiger partial charge in [0.15, 0.2) is 17.0 Å². The lowest BCUT2D eigenvalue weighted by atomic mass is 10.1. The molecule has 0 unspecified atom stereocenters. The van der Waals surface area contributed by atoms with E-state index < -0.39 is 0 Å². The molecule has 0 spiro atoms. The number of phenols is 1. The molecule has 35 heavy (non-hydrogen) atoms. The summed E-state index contributed by atoms with van der Waals surface area (Å²) in [5.41, 5.74) is 11.9. The van der Waals surface area contributed by atoms with Gasteiger partial charge in [0.25, 0.3) is 0 Å². The normalized spacial score (nSPS) is 13.9. The third-order valence-corrected chi connectivity index (χ3v) is 6.42. The van der Waals surface area contributed by atoms with Crippen molar-refractivity contribution in [1.82, 2.24) is 19.5 Å². The van der Waals surface area contributed by atoms with Crippen molar-refractivity contribution >= 4 is 28.6 Å². The van der Waals surface area contributed by atoms with Crippen molar-refractivity contribution in [3.63, 3.8) is 0 Å². The number of nitrogens with zero attached hydrogens (tertiary/aromatic N) is 6. The third-order valence-electron chi connectivity index (χ3n) is 6.42. The number of piperazine rings is 1. The fraction of sp³-hybridized carbons (Fsp3) is 0.148. The van der Waals surface area contributed by atoms with Crippen LogP contribution < -0.4 is 15.5 Å². The first-order chi connectivity index (χ1) is 17.2. The van der Waals surface area contributed by atoms with E-state index in [9.17, 15) is 5.11 Å². The molecular weight excluding hydrogens is 438 g/mol. The Labute approximate surface area is 202 Å². The molecule has 0 aliphatic carbocycles. The van der Waals surface area contributed by atoms with E-state index in [1.807, 2.05) is 47.0 Å². The lowest BCUT2D eigenvalue weighted by Gasteiger charge is -2.36. The quantitative estimate of drug-likeness (QED) is 0.414. The maximum absolute atomic E-state index is 9.56. The van der Waals surface area contributed by atoms with Crippen LogP contribution in [0.3, 0.4) is 0 Å². The highest BCUT2D eigenvalue weighted by molar-refractivity contribution is 5.84. The summed E-state index contributed by atoms with van der Waals surface area (Å²) in [6.07, 6.45) is 1.76. The second-order valence-corrected chi connectivity index (χ2v) is 8.60. The van der Waals surface area contributed by atoms with Gasteiger partial charge in [-0.1, -0.05) is 42.5 Å². The second kappa shape index (κ2) is 8.64. The van der Waals surface area contributed by atoms with Crippen LogP contribution in [-0.2, 0) is 0 Å². The summed E-state index contributed by atoms with van der Waals surface area (Å²) < 4.78 is 1.97. The Balaban J connectivity index is 1.29. The molecule has 1 aliphatic heterocycles. The number of benzene rings is 3. The van der Waals surface area contributed by atoms with Gasteiger partial charge in [-0.3, -0.25) is 4.57 Å². The molecule has 8 nitrogen and oxygen atoms in total. The molecule has 174 valence electrons. The van der Waals surface area contributed by atoms with Crippen LogP contribution in [0, 0.1) is 0 Å². The largest absolute Gasteiger partial charge is 0.508 e. The van der Waals surface area contributed by atoms with E-state index in [0.29, 0.717) is 22.9 Å². The summed E-state index contributed by atoms with van der Waals surface area (Å²) in [7, 11) is 0. The van der Waals surface area contributed by atoms with Gasteiger partial charge in [-0.05, 0) is 47.5 Å². The Hall–Kier alpha value is -4.59. The Morgan fingerprint density at radius 1 is 0.714 bits per heavy atom. The first-order valence-electron chi connectivity index (χ1n) is 11.6. The van der Waals surface area contributed by atoms with Gasteiger partial charge in [-0.15, -0.1) is 0 Å². The minimum atomic E-state index is 0.274. The van der Waals surface area contributed by atoms with Crippen LogP contribution in [0.4, 0.5) is 17.5 Å². The highest BCUT2D eigenvalue weighted by atomic mass is 16.3. The molecule has 1 fully saturated rings. The zero-order valence-electron chi connectivity index (χ0n) is 19.1. The number of anilines is 3. The van der Waals surface area contributed by atoms with Crippen molar-refractivity contribution < 1.29 is 5.11 Å². The van der Waals surface area contributed by atoms with Crippen LogP contribution in [0.25, 0.3) is 28.0 Å². The maximum atomic E-state index is 9.56. The van der Waals surface area contributed by atoms with Crippen molar-refractivity contribution in [2.45, 2.75) is 0 Å². The Kier molecular flexibility index (Phi) is 5.18. The summed E-state index contributed by atoms with van der Waals surface area (Å²) in [6, 6.07) is 25.9. The molecule has 3 N–H and O–H groups in total. The number of aromatic nitrogens is 4. The van der Waals surface area contributed by atoms with Crippen LogP contribution >= 0.6 is 0 Å². The number of nitrogen functional groups attached to an aromatic ring is 1. The van der Waals surface area contributed by atoms with Gasteiger partial charge in [0.05, 0.1) is 0 Å². The molecule has 0 amide bonds. The number of phenolic OH excluding ortho intramolecular Hbond substituents is 1.